The van der Waals surface area contributed by atoms with Crippen LogP contribution in [0, 0.1) is 11.8 Å². The third-order valence-corrected chi connectivity index (χ3v) is 4.69. The first kappa shape index (κ1) is 19.7. The molecular formula is C23H23N5O2. The van der Waals surface area contributed by atoms with E-state index >= 15 is 0 Å². The Morgan fingerprint density at radius 2 is 2.03 bits per heavy atom. The Kier molecular flexibility index (Phi) is 6.06. The van der Waals surface area contributed by atoms with E-state index in [0.717, 1.165) is 36.2 Å². The van der Waals surface area contributed by atoms with Crippen molar-refractivity contribution in [1.29, 1.82) is 0 Å². The highest BCUT2D eigenvalue weighted by Crippen LogP contribution is 2.22. The lowest BCUT2D eigenvalue weighted by Gasteiger charge is -2.07. The molecule has 4 aromatic rings. The van der Waals surface area contributed by atoms with E-state index in [1.54, 1.807) is 19.3 Å². The predicted octanol–water partition coefficient (Wildman–Crippen LogP) is 3.67. The van der Waals surface area contributed by atoms with Crippen molar-refractivity contribution in [2.24, 2.45) is 0 Å². The normalized spacial score (nSPS) is 11.8. The molecule has 152 valence electrons. The number of hydrogen-bond donors (Lipinski definition) is 1. The van der Waals surface area contributed by atoms with E-state index in [0.29, 0.717) is 18.1 Å². The summed E-state index contributed by atoms with van der Waals surface area (Å²) in [5, 5.41) is 13.9. The van der Waals surface area contributed by atoms with Gasteiger partial charge in [0.05, 0.1) is 12.9 Å². The molecule has 3 aromatic heterocycles. The first-order valence-corrected chi connectivity index (χ1v) is 9.89. The zero-order chi connectivity index (χ0) is 20.8. The third kappa shape index (κ3) is 4.85. The number of nitrogens with zero attached hydrogens (tertiary/aromatic N) is 5. The summed E-state index contributed by atoms with van der Waals surface area (Å²) in [6.07, 6.45) is 10.3. The predicted molar refractivity (Wildman–Crippen MR) is 112 cm³/mol. The highest BCUT2D eigenvalue weighted by molar-refractivity contribution is 5.59. The van der Waals surface area contributed by atoms with Crippen molar-refractivity contribution < 1.29 is 9.63 Å². The van der Waals surface area contributed by atoms with Gasteiger partial charge in [0.1, 0.15) is 17.6 Å². The zero-order valence-electron chi connectivity index (χ0n) is 16.8. The molecule has 1 unspecified atom stereocenters. The Morgan fingerprint density at radius 3 is 2.80 bits per heavy atom. The highest BCUT2D eigenvalue weighted by atomic mass is 16.5. The molecule has 0 aliphatic carbocycles. The van der Waals surface area contributed by atoms with Crippen LogP contribution in [0.25, 0.3) is 11.3 Å². The fourth-order valence-corrected chi connectivity index (χ4v) is 3.17. The molecule has 3 heterocycles. The lowest BCUT2D eigenvalue weighted by atomic mass is 10.1. The Balaban J connectivity index is 1.34. The Hall–Kier alpha value is -3.63. The van der Waals surface area contributed by atoms with Gasteiger partial charge in [0.25, 0.3) is 0 Å². The molecule has 0 amide bonds. The lowest BCUT2D eigenvalue weighted by molar-refractivity contribution is 0.184. The van der Waals surface area contributed by atoms with Crippen molar-refractivity contribution in [3.05, 3.63) is 78.5 Å². The Bertz CT molecular complexity index is 1130. The molecule has 7 heteroatoms. The van der Waals surface area contributed by atoms with Crippen molar-refractivity contribution >= 4 is 0 Å². The standard InChI is InChI=1S/C23H23N5O2/c1-18(29)23-25-11-14-28(23)16-21-15-22(30-26-21)20-8-6-19(7-9-20)5-3-2-4-12-27-13-10-24-17-27/h6-11,13-15,17-18,29H,2,4,12,16H2,1H3. The largest absolute Gasteiger partial charge is 0.385 e. The van der Waals surface area contributed by atoms with E-state index in [9.17, 15) is 5.11 Å². The van der Waals surface area contributed by atoms with Crippen molar-refractivity contribution in [1.82, 2.24) is 24.3 Å². The minimum Gasteiger partial charge on any atom is -0.385 e. The van der Waals surface area contributed by atoms with Crippen LogP contribution in [0.4, 0.5) is 0 Å². The van der Waals surface area contributed by atoms with Gasteiger partial charge in [-0.1, -0.05) is 17.0 Å². The fourth-order valence-electron chi connectivity index (χ4n) is 3.17. The van der Waals surface area contributed by atoms with E-state index in [1.807, 2.05) is 53.6 Å². The fraction of sp³-hybridized carbons (Fsp3) is 0.261. The van der Waals surface area contributed by atoms with E-state index in [2.05, 4.69) is 31.5 Å². The van der Waals surface area contributed by atoms with E-state index in [-0.39, 0.29) is 0 Å². The average Bonchev–Trinajstić information content (AvgIpc) is 3.51. The smallest absolute Gasteiger partial charge is 0.167 e. The second-order valence-corrected chi connectivity index (χ2v) is 7.06. The number of hydrogen-bond acceptors (Lipinski definition) is 5. The van der Waals surface area contributed by atoms with E-state index < -0.39 is 6.10 Å². The molecule has 1 aromatic carbocycles. The molecule has 0 bridgehead atoms. The van der Waals surface area contributed by atoms with Gasteiger partial charge >= 0.3 is 0 Å². The van der Waals surface area contributed by atoms with Gasteiger partial charge in [-0.3, -0.25) is 0 Å². The van der Waals surface area contributed by atoms with Crippen LogP contribution in [0.5, 0.6) is 0 Å². The molecular weight excluding hydrogens is 378 g/mol. The minimum absolute atomic E-state index is 0.492. The second-order valence-electron chi connectivity index (χ2n) is 7.06. The van der Waals surface area contributed by atoms with Gasteiger partial charge in [-0.2, -0.15) is 0 Å². The van der Waals surface area contributed by atoms with Gasteiger partial charge in [0.2, 0.25) is 0 Å². The molecule has 0 spiro atoms. The topological polar surface area (TPSA) is 81.9 Å². The maximum absolute atomic E-state index is 9.77. The molecule has 30 heavy (non-hydrogen) atoms. The lowest BCUT2D eigenvalue weighted by Crippen LogP contribution is -2.07. The molecule has 7 nitrogen and oxygen atoms in total. The maximum atomic E-state index is 9.77. The molecule has 4 rings (SSSR count). The van der Waals surface area contributed by atoms with Gasteiger partial charge < -0.3 is 18.8 Å². The molecule has 0 aliphatic heterocycles. The maximum Gasteiger partial charge on any atom is 0.167 e. The van der Waals surface area contributed by atoms with Crippen LogP contribution >= 0.6 is 0 Å². The van der Waals surface area contributed by atoms with Gasteiger partial charge in [0.15, 0.2) is 5.76 Å². The van der Waals surface area contributed by atoms with Crippen LogP contribution < -0.4 is 0 Å². The summed E-state index contributed by atoms with van der Waals surface area (Å²) >= 11 is 0. The molecule has 0 aliphatic rings. The summed E-state index contributed by atoms with van der Waals surface area (Å²) in [5.74, 6) is 7.72. The van der Waals surface area contributed by atoms with Gasteiger partial charge in [0, 0.05) is 54.9 Å². The molecule has 0 saturated carbocycles. The number of benzene rings is 1. The number of aliphatic hydroxyl groups excluding tert-OH is 1. The summed E-state index contributed by atoms with van der Waals surface area (Å²) in [6, 6.07) is 9.85. The molecule has 0 saturated heterocycles. The summed E-state index contributed by atoms with van der Waals surface area (Å²) in [5.41, 5.74) is 2.69. The highest BCUT2D eigenvalue weighted by Gasteiger charge is 2.12. The van der Waals surface area contributed by atoms with Gasteiger partial charge in [-0.25, -0.2) is 9.97 Å². The van der Waals surface area contributed by atoms with Gasteiger partial charge in [-0.05, 0) is 37.6 Å². The third-order valence-electron chi connectivity index (χ3n) is 4.69. The van der Waals surface area contributed by atoms with Crippen molar-refractivity contribution in [3.63, 3.8) is 0 Å². The zero-order valence-corrected chi connectivity index (χ0v) is 16.8. The van der Waals surface area contributed by atoms with Crippen LogP contribution in [-0.2, 0) is 13.1 Å². The molecule has 0 radical (unpaired) electrons. The first-order chi connectivity index (χ1) is 14.7. The summed E-state index contributed by atoms with van der Waals surface area (Å²) < 4.78 is 9.41. The average molecular weight is 401 g/mol. The summed E-state index contributed by atoms with van der Waals surface area (Å²) in [4.78, 5) is 8.21. The number of imidazole rings is 2. The van der Waals surface area contributed by atoms with Crippen LogP contribution in [0.1, 0.15) is 43.0 Å². The van der Waals surface area contributed by atoms with Crippen LogP contribution in [0.3, 0.4) is 0 Å². The minimum atomic E-state index is -0.633. The van der Waals surface area contributed by atoms with Gasteiger partial charge in [-0.15, -0.1) is 0 Å². The molecule has 1 N–H and O–H groups in total. The SMILES string of the molecule is CC(O)c1nccn1Cc1cc(-c2ccc(C#CCCCn3ccnc3)cc2)on1. The van der Waals surface area contributed by atoms with Crippen LogP contribution in [0.15, 0.2) is 66.0 Å². The number of aryl methyl sites for hydroxylation is 1. The van der Waals surface area contributed by atoms with Crippen molar-refractivity contribution in [2.45, 2.75) is 39.0 Å². The van der Waals surface area contributed by atoms with Crippen LogP contribution in [-0.4, -0.2) is 29.4 Å². The van der Waals surface area contributed by atoms with Crippen LogP contribution in [0.2, 0.25) is 0 Å². The number of aliphatic hydroxyl groups is 1. The summed E-state index contributed by atoms with van der Waals surface area (Å²) in [7, 11) is 0. The Labute approximate surface area is 175 Å². The quantitative estimate of drug-likeness (QED) is 0.377. The first-order valence-electron chi connectivity index (χ1n) is 9.89. The van der Waals surface area contributed by atoms with Crippen molar-refractivity contribution in [3.8, 4) is 23.2 Å². The summed E-state index contributed by atoms with van der Waals surface area (Å²) in [6.45, 7) is 3.11. The monoisotopic (exact) mass is 401 g/mol. The Morgan fingerprint density at radius 1 is 1.17 bits per heavy atom. The number of aromatic nitrogens is 5. The number of rotatable bonds is 7. The second kappa shape index (κ2) is 9.25. The molecule has 1 atom stereocenters. The molecule has 0 fully saturated rings. The van der Waals surface area contributed by atoms with E-state index in [4.69, 9.17) is 4.52 Å². The van der Waals surface area contributed by atoms with E-state index in [1.165, 1.54) is 0 Å². The van der Waals surface area contributed by atoms with Crippen molar-refractivity contribution in [2.75, 3.05) is 0 Å². The number of unbranched alkanes of at least 4 members (excludes halogenated alkanes) is 1.